The van der Waals surface area contributed by atoms with E-state index in [0.717, 1.165) is 88.9 Å². The first-order valence-corrected chi connectivity index (χ1v) is 24.6. The number of allylic oxidation sites excluding steroid dienone is 1. The van der Waals surface area contributed by atoms with Gasteiger partial charge in [0.05, 0.1) is 29.0 Å². The summed E-state index contributed by atoms with van der Waals surface area (Å²) >= 11 is 0. The molecular formula is C52H82N4O5. The fraction of sp³-hybridized carbons (Fsp3) is 0.846. The molecule has 1 aliphatic heterocycles. The van der Waals surface area contributed by atoms with E-state index in [9.17, 15) is 14.7 Å². The number of nitrogens with zero attached hydrogens (tertiary/aromatic N) is 4. The van der Waals surface area contributed by atoms with Gasteiger partial charge in [-0.1, -0.05) is 74.5 Å². The van der Waals surface area contributed by atoms with Crippen molar-refractivity contribution in [2.45, 2.75) is 177 Å². The number of aliphatic carboxylic acids is 1. The van der Waals surface area contributed by atoms with Crippen LogP contribution in [0.2, 0.25) is 0 Å². The zero-order valence-corrected chi connectivity index (χ0v) is 40.2. The Morgan fingerprint density at radius 1 is 0.885 bits per heavy atom. The molecule has 6 aliphatic carbocycles. The van der Waals surface area contributed by atoms with Gasteiger partial charge in [0.1, 0.15) is 11.9 Å². The van der Waals surface area contributed by atoms with Crippen LogP contribution in [0.4, 0.5) is 0 Å². The number of likely N-dealkylation sites (N-methyl/N-ethyl adjacent to an activating group) is 1. The van der Waals surface area contributed by atoms with Crippen molar-refractivity contribution in [2.75, 3.05) is 27.2 Å². The molecule has 1 amide bonds. The van der Waals surface area contributed by atoms with Crippen molar-refractivity contribution < 1.29 is 24.2 Å². The summed E-state index contributed by atoms with van der Waals surface area (Å²) < 4.78 is 8.85. The molecule has 8 rings (SSSR count). The number of amides is 1. The van der Waals surface area contributed by atoms with E-state index in [4.69, 9.17) is 9.72 Å². The summed E-state index contributed by atoms with van der Waals surface area (Å²) in [7, 11) is 4.25. The fourth-order valence-corrected chi connectivity index (χ4v) is 16.7. The molecule has 340 valence electrons. The molecule has 61 heavy (non-hydrogen) atoms. The molecule has 2 heterocycles. The summed E-state index contributed by atoms with van der Waals surface area (Å²) in [6.07, 6.45) is 15.1. The number of hydrogen-bond donors (Lipinski definition) is 1. The van der Waals surface area contributed by atoms with Crippen LogP contribution in [-0.4, -0.2) is 75.6 Å². The summed E-state index contributed by atoms with van der Waals surface area (Å²) in [6.45, 7) is 30.4. The standard InChI is InChI=1S/C52H82N4O5/c1-31(2)33-18-23-52(46(60)56-26-14-15-38(56)43-53-37(32(3)4)30-55(43)28-27-54(12)13)25-24-50(10)34(42(33)52)16-17-40-49(9)21-20-41(48(7,8)39(49)19-22-51(40,50)11)61-45(59)36-29-35(44(57)58)47(36,5)6/h30,32-36,38-42H,1,14-29H2,2-13H3,(H,57,58)/t33-,34+,35-,36+,38-,39-,40+,41-,42+,49-,50+,51+,52-/m0/s1. The van der Waals surface area contributed by atoms with Crippen LogP contribution in [0.15, 0.2) is 18.3 Å². The summed E-state index contributed by atoms with van der Waals surface area (Å²) in [5.74, 6) is 2.10. The first-order chi connectivity index (χ1) is 28.5. The van der Waals surface area contributed by atoms with Crippen molar-refractivity contribution in [2.24, 2.45) is 73.9 Å². The quantitative estimate of drug-likeness (QED) is 0.185. The van der Waals surface area contributed by atoms with Gasteiger partial charge in [-0.05, 0) is 162 Å². The summed E-state index contributed by atoms with van der Waals surface area (Å²) in [6, 6.07) is 0.0254. The number of carbonyl (C=O) groups excluding carboxylic acids is 2. The lowest BCUT2D eigenvalue weighted by Crippen LogP contribution is -2.67. The number of hydrogen-bond acceptors (Lipinski definition) is 6. The third-order valence-corrected chi connectivity index (χ3v) is 20.6. The number of fused-ring (bicyclic) bond motifs is 7. The molecule has 0 aromatic carbocycles. The Kier molecular flexibility index (Phi) is 11.2. The van der Waals surface area contributed by atoms with Crippen LogP contribution < -0.4 is 0 Å². The van der Waals surface area contributed by atoms with Gasteiger partial charge >= 0.3 is 11.9 Å². The number of carboxylic acid groups (broad SMARTS) is 1. The van der Waals surface area contributed by atoms with Gasteiger partial charge in [-0.15, -0.1) is 0 Å². The van der Waals surface area contributed by atoms with Gasteiger partial charge in [0.2, 0.25) is 5.91 Å². The minimum atomic E-state index is -0.814. The lowest BCUT2D eigenvalue weighted by atomic mass is 9.32. The molecule has 1 aromatic rings. The minimum absolute atomic E-state index is 0.0254. The third kappa shape index (κ3) is 6.58. The van der Waals surface area contributed by atoms with Crippen LogP contribution >= 0.6 is 0 Å². The highest BCUT2D eigenvalue weighted by atomic mass is 16.5. The molecule has 0 spiro atoms. The molecule has 0 unspecified atom stereocenters. The Balaban J connectivity index is 1.05. The van der Waals surface area contributed by atoms with Gasteiger partial charge in [-0.2, -0.15) is 0 Å². The molecule has 9 nitrogen and oxygen atoms in total. The van der Waals surface area contributed by atoms with Crippen molar-refractivity contribution in [3.63, 3.8) is 0 Å². The second-order valence-corrected chi connectivity index (χ2v) is 24.5. The maximum Gasteiger partial charge on any atom is 0.309 e. The number of rotatable bonds is 10. The predicted octanol–water partition coefficient (Wildman–Crippen LogP) is 10.5. The SMILES string of the molecule is C=C(C)[C@@H]1CC[C@]2(C(=O)N3CCC[C@H]3c3nc(C(C)C)cn3CCN(C)C)CC[C@]3(C)[C@H](CC[C@@H]4[C@@]5(C)CC[C@H](OC(=O)[C@H]6C[C@@H](C(=O)O)C6(C)C)C(C)(C)[C@@H]5CC[C@]43C)[C@@H]12. The van der Waals surface area contributed by atoms with E-state index in [1.165, 1.54) is 24.8 Å². The van der Waals surface area contributed by atoms with Gasteiger partial charge in [-0.25, -0.2) is 4.98 Å². The number of carbonyl (C=O) groups is 3. The Bertz CT molecular complexity index is 1910. The second kappa shape index (κ2) is 15.2. The second-order valence-electron chi connectivity index (χ2n) is 24.5. The van der Waals surface area contributed by atoms with Crippen LogP contribution in [0.1, 0.15) is 176 Å². The largest absolute Gasteiger partial charge is 0.481 e. The van der Waals surface area contributed by atoms with Crippen LogP contribution in [0, 0.1) is 73.9 Å². The van der Waals surface area contributed by atoms with Crippen LogP contribution in [0.5, 0.6) is 0 Å². The number of ether oxygens (including phenoxy) is 1. The van der Waals surface area contributed by atoms with E-state index in [-0.39, 0.29) is 51.1 Å². The molecule has 6 saturated carbocycles. The lowest BCUT2D eigenvalue weighted by Gasteiger charge is -2.73. The highest BCUT2D eigenvalue weighted by Gasteiger charge is 2.72. The smallest absolute Gasteiger partial charge is 0.309 e. The van der Waals surface area contributed by atoms with Crippen molar-refractivity contribution in [1.29, 1.82) is 0 Å². The number of likely N-dealkylation sites (tertiary alicyclic amines) is 1. The normalized spacial score (nSPS) is 42.3. The fourth-order valence-electron chi connectivity index (χ4n) is 16.7. The monoisotopic (exact) mass is 843 g/mol. The van der Waals surface area contributed by atoms with Gasteiger partial charge in [0, 0.05) is 31.2 Å². The topological polar surface area (TPSA) is 105 Å². The van der Waals surface area contributed by atoms with E-state index in [1.54, 1.807) is 0 Å². The van der Waals surface area contributed by atoms with Crippen molar-refractivity contribution in [3.05, 3.63) is 29.9 Å². The first-order valence-electron chi connectivity index (χ1n) is 24.6. The van der Waals surface area contributed by atoms with Crippen molar-refractivity contribution in [1.82, 2.24) is 19.4 Å². The first kappa shape index (κ1) is 44.9. The number of carboxylic acids is 1. The summed E-state index contributed by atoms with van der Waals surface area (Å²) in [4.78, 5) is 51.2. The minimum Gasteiger partial charge on any atom is -0.481 e. The highest BCUT2D eigenvalue weighted by Crippen LogP contribution is 2.78. The molecule has 0 bridgehead atoms. The third-order valence-electron chi connectivity index (χ3n) is 20.6. The van der Waals surface area contributed by atoms with Gasteiger partial charge in [0.25, 0.3) is 0 Å². The van der Waals surface area contributed by atoms with E-state index in [2.05, 4.69) is 96.6 Å². The van der Waals surface area contributed by atoms with E-state index >= 15 is 4.79 Å². The lowest BCUT2D eigenvalue weighted by molar-refractivity contribution is -0.251. The molecule has 1 aromatic heterocycles. The maximum absolute atomic E-state index is 15.8. The Morgan fingerprint density at radius 3 is 2.25 bits per heavy atom. The van der Waals surface area contributed by atoms with E-state index < -0.39 is 17.3 Å². The Hall–Kier alpha value is -2.68. The van der Waals surface area contributed by atoms with Crippen molar-refractivity contribution >= 4 is 17.8 Å². The number of aromatic nitrogens is 2. The van der Waals surface area contributed by atoms with Crippen LogP contribution in [0.25, 0.3) is 0 Å². The highest BCUT2D eigenvalue weighted by molar-refractivity contribution is 5.85. The number of imidazole rings is 1. The van der Waals surface area contributed by atoms with Gasteiger partial charge in [-0.3, -0.25) is 14.4 Å². The molecule has 13 atom stereocenters. The maximum atomic E-state index is 15.8. The zero-order chi connectivity index (χ0) is 44.4. The average molecular weight is 843 g/mol. The van der Waals surface area contributed by atoms with Crippen molar-refractivity contribution in [3.8, 4) is 0 Å². The van der Waals surface area contributed by atoms with Gasteiger partial charge in [0.15, 0.2) is 0 Å². The molecule has 1 N–H and O–H groups in total. The molecule has 0 radical (unpaired) electrons. The zero-order valence-electron chi connectivity index (χ0n) is 40.2. The Morgan fingerprint density at radius 2 is 1.61 bits per heavy atom. The van der Waals surface area contributed by atoms with E-state index in [0.29, 0.717) is 47.8 Å². The molecule has 1 saturated heterocycles. The molecule has 7 aliphatic rings. The predicted molar refractivity (Wildman–Crippen MR) is 240 cm³/mol. The van der Waals surface area contributed by atoms with Crippen LogP contribution in [0.3, 0.4) is 0 Å². The number of esters is 1. The Labute approximate surface area is 368 Å². The van der Waals surface area contributed by atoms with E-state index in [1.807, 2.05) is 13.8 Å². The molecule has 7 fully saturated rings. The molecular weight excluding hydrogens is 761 g/mol. The summed E-state index contributed by atoms with van der Waals surface area (Å²) in [5.41, 5.74) is 1.63. The average Bonchev–Trinajstić information content (AvgIpc) is 3.92. The van der Waals surface area contributed by atoms with Gasteiger partial charge < -0.3 is 24.2 Å². The summed E-state index contributed by atoms with van der Waals surface area (Å²) in [5, 5.41) is 9.72. The van der Waals surface area contributed by atoms with Crippen LogP contribution in [-0.2, 0) is 25.7 Å². The molecule has 9 heteroatoms.